The average molecular weight is 700 g/mol. The third kappa shape index (κ3) is 5.02. The minimum Gasteiger partial charge on any atom is -0.455 e. The number of benzene rings is 2. The van der Waals surface area contributed by atoms with Gasteiger partial charge in [-0.25, -0.2) is 9.97 Å². The number of nitrogens with zero attached hydrogens (tertiary/aromatic N) is 3. The summed E-state index contributed by atoms with van der Waals surface area (Å²) in [7, 11) is 2.23. The Morgan fingerprint density at radius 1 is 0.717 bits per heavy atom. The first-order valence-electron chi connectivity index (χ1n) is 19.4. The van der Waals surface area contributed by atoms with E-state index in [-0.39, 0.29) is 0 Å². The molecular formula is C47H49N5O. The molecule has 6 nitrogen and oxygen atoms in total. The van der Waals surface area contributed by atoms with Gasteiger partial charge in [0.2, 0.25) is 0 Å². The van der Waals surface area contributed by atoms with Gasteiger partial charge in [-0.3, -0.25) is 4.90 Å². The molecule has 9 rings (SSSR count). The standard InChI is InChI=1S/C47H49N5O/c1-10-30-28(7)38-21-36-24(3)26(5)44(50-36)43(35-18-13-16-33-32-15-12-17-34(46(32)53-47(33)35)42-19-14-20-52(42)9)45-27(6)25(4)37(51-45)22-39-29(8)31(11-2)41(49-39)23-40(30)48-38/h12-13,15-18,21-23,42,48,51H,10-11,14,19-20H2,1-9H3. The fraction of sp³-hybridized carbons (Fsp3) is 0.319. The smallest absolute Gasteiger partial charge is 0.143 e. The molecule has 2 aromatic carbocycles. The van der Waals surface area contributed by atoms with Gasteiger partial charge in [0.1, 0.15) is 11.2 Å². The van der Waals surface area contributed by atoms with E-state index in [1.165, 1.54) is 61.9 Å². The van der Waals surface area contributed by atoms with Crippen molar-refractivity contribution in [2.75, 3.05) is 13.6 Å². The van der Waals surface area contributed by atoms with Crippen LogP contribution in [0.2, 0.25) is 0 Å². The number of furan rings is 1. The van der Waals surface area contributed by atoms with Crippen molar-refractivity contribution in [3.8, 4) is 11.1 Å². The van der Waals surface area contributed by atoms with E-state index >= 15 is 0 Å². The Bertz CT molecular complexity index is 2770. The van der Waals surface area contributed by atoms with Crippen molar-refractivity contribution >= 4 is 66.3 Å². The maximum atomic E-state index is 7.10. The lowest BCUT2D eigenvalue weighted by Crippen LogP contribution is -2.17. The Morgan fingerprint density at radius 2 is 1.42 bits per heavy atom. The number of aromatic amines is 2. The molecule has 6 heteroatoms. The zero-order valence-corrected chi connectivity index (χ0v) is 32.6. The maximum absolute atomic E-state index is 7.10. The van der Waals surface area contributed by atoms with Gasteiger partial charge < -0.3 is 14.4 Å². The first-order valence-corrected chi connectivity index (χ1v) is 19.4. The van der Waals surface area contributed by atoms with Crippen molar-refractivity contribution < 1.29 is 4.42 Å². The Labute approximate surface area is 311 Å². The highest BCUT2D eigenvalue weighted by molar-refractivity contribution is 6.13. The summed E-state index contributed by atoms with van der Waals surface area (Å²) in [5.41, 5.74) is 23.5. The number of para-hydroxylation sites is 2. The largest absolute Gasteiger partial charge is 0.455 e. The predicted molar refractivity (Wildman–Crippen MR) is 223 cm³/mol. The van der Waals surface area contributed by atoms with Crippen molar-refractivity contribution in [2.45, 2.75) is 87.1 Å². The maximum Gasteiger partial charge on any atom is 0.143 e. The van der Waals surface area contributed by atoms with Gasteiger partial charge in [0.05, 0.1) is 28.3 Å². The van der Waals surface area contributed by atoms with E-state index in [1.807, 2.05) is 0 Å². The molecule has 3 aliphatic heterocycles. The van der Waals surface area contributed by atoms with E-state index in [1.54, 1.807) is 0 Å². The molecule has 4 aromatic heterocycles. The van der Waals surface area contributed by atoms with Gasteiger partial charge in [0.25, 0.3) is 0 Å². The van der Waals surface area contributed by atoms with Crippen LogP contribution < -0.4 is 0 Å². The van der Waals surface area contributed by atoms with Crippen LogP contribution in [0.25, 0.3) is 77.4 Å². The summed E-state index contributed by atoms with van der Waals surface area (Å²) in [5.74, 6) is 0. The van der Waals surface area contributed by atoms with Gasteiger partial charge in [0.15, 0.2) is 0 Å². The molecular weight excluding hydrogens is 651 g/mol. The molecule has 53 heavy (non-hydrogen) atoms. The SMILES string of the molecule is CCC1=C(C)c2cc3[nH]c(c(C)c3C)c(-c3cccc4c3oc3c(C5CCCN5C)cccc34)c3nc(cc4[nH]c(cc1n2)c(CC)c4C)C(C)=C3C. The molecule has 6 aromatic rings. The van der Waals surface area contributed by atoms with Crippen molar-refractivity contribution in [1.29, 1.82) is 0 Å². The second-order valence-electron chi connectivity index (χ2n) is 15.5. The highest BCUT2D eigenvalue weighted by Gasteiger charge is 2.28. The van der Waals surface area contributed by atoms with Crippen LogP contribution in [-0.2, 0) is 6.42 Å². The van der Waals surface area contributed by atoms with Crippen LogP contribution in [-0.4, -0.2) is 38.4 Å². The van der Waals surface area contributed by atoms with Crippen LogP contribution in [0.1, 0.15) is 111 Å². The monoisotopic (exact) mass is 699 g/mol. The van der Waals surface area contributed by atoms with Gasteiger partial charge in [-0.1, -0.05) is 50.2 Å². The van der Waals surface area contributed by atoms with E-state index in [9.17, 15) is 0 Å². The average Bonchev–Trinajstić information content (AvgIpc) is 3.98. The molecule has 0 spiro atoms. The fourth-order valence-corrected chi connectivity index (χ4v) is 9.28. The van der Waals surface area contributed by atoms with Crippen LogP contribution in [0.3, 0.4) is 0 Å². The number of nitrogens with one attached hydrogen (secondary N) is 2. The number of aromatic nitrogens is 4. The van der Waals surface area contributed by atoms with Crippen LogP contribution in [0.5, 0.6) is 0 Å². The minimum absolute atomic E-state index is 0.355. The zero-order chi connectivity index (χ0) is 36.9. The quantitative estimate of drug-likeness (QED) is 0.192. The second-order valence-corrected chi connectivity index (χ2v) is 15.5. The summed E-state index contributed by atoms with van der Waals surface area (Å²) < 4.78 is 7.10. The van der Waals surface area contributed by atoms with Gasteiger partial charge in [-0.05, 0) is 144 Å². The zero-order valence-electron chi connectivity index (χ0n) is 32.6. The highest BCUT2D eigenvalue weighted by Crippen LogP contribution is 2.45. The van der Waals surface area contributed by atoms with Gasteiger partial charge in [-0.2, -0.15) is 0 Å². The number of rotatable bonds is 4. The summed E-state index contributed by atoms with van der Waals surface area (Å²) >= 11 is 0. The van der Waals surface area contributed by atoms with Crippen molar-refractivity contribution in [3.05, 3.63) is 105 Å². The molecule has 268 valence electrons. The number of aryl methyl sites for hydroxylation is 4. The van der Waals surface area contributed by atoms with Crippen molar-refractivity contribution in [2.24, 2.45) is 0 Å². The lowest BCUT2D eigenvalue weighted by Gasteiger charge is -2.19. The van der Waals surface area contributed by atoms with Crippen molar-refractivity contribution in [1.82, 2.24) is 24.8 Å². The van der Waals surface area contributed by atoms with Gasteiger partial charge >= 0.3 is 0 Å². The number of hydrogen-bond acceptors (Lipinski definition) is 4. The van der Waals surface area contributed by atoms with E-state index in [0.29, 0.717) is 6.04 Å². The lowest BCUT2D eigenvalue weighted by molar-refractivity contribution is 0.317. The molecule has 0 radical (unpaired) electrons. The first kappa shape index (κ1) is 33.6. The van der Waals surface area contributed by atoms with Crippen LogP contribution >= 0.6 is 0 Å². The van der Waals surface area contributed by atoms with Crippen molar-refractivity contribution in [3.63, 3.8) is 0 Å². The summed E-state index contributed by atoms with van der Waals surface area (Å²) in [4.78, 5) is 21.0. The molecule has 3 aliphatic rings. The number of hydrogen-bond donors (Lipinski definition) is 2. The number of H-pyrrole nitrogens is 2. The minimum atomic E-state index is 0.355. The molecule has 8 bridgehead atoms. The Hall–Kier alpha value is -5.20. The summed E-state index contributed by atoms with van der Waals surface area (Å²) in [6.45, 7) is 18.9. The topological polar surface area (TPSA) is 73.7 Å². The molecule has 0 saturated carbocycles. The van der Waals surface area contributed by atoms with Crippen LogP contribution in [0.4, 0.5) is 0 Å². The molecule has 1 saturated heterocycles. The van der Waals surface area contributed by atoms with E-state index < -0.39 is 0 Å². The summed E-state index contributed by atoms with van der Waals surface area (Å²) in [5, 5.41) is 2.30. The second kappa shape index (κ2) is 12.4. The van der Waals surface area contributed by atoms with E-state index in [2.05, 4.69) is 132 Å². The first-order chi connectivity index (χ1) is 25.6. The van der Waals surface area contributed by atoms with Gasteiger partial charge in [-0.15, -0.1) is 0 Å². The third-order valence-electron chi connectivity index (χ3n) is 12.7. The summed E-state index contributed by atoms with van der Waals surface area (Å²) in [6, 6.07) is 20.4. The molecule has 1 atom stereocenters. The Kier molecular flexibility index (Phi) is 7.90. The number of likely N-dealkylation sites (tertiary alicyclic amines) is 1. The van der Waals surface area contributed by atoms with Gasteiger partial charge in [0, 0.05) is 50.1 Å². The predicted octanol–water partition coefficient (Wildman–Crippen LogP) is 12.4. The molecule has 1 fully saturated rings. The molecule has 1 unspecified atom stereocenters. The van der Waals surface area contributed by atoms with Crippen LogP contribution in [0.15, 0.2) is 59.0 Å². The lowest BCUT2D eigenvalue weighted by atomic mass is 9.95. The Balaban J connectivity index is 1.45. The summed E-state index contributed by atoms with van der Waals surface area (Å²) in [6.07, 6.45) is 4.20. The van der Waals surface area contributed by atoms with E-state index in [0.717, 1.165) is 98.3 Å². The fourth-order valence-electron chi connectivity index (χ4n) is 9.28. The molecule has 0 amide bonds. The third-order valence-corrected chi connectivity index (χ3v) is 12.7. The molecule has 0 aliphatic carbocycles. The highest BCUT2D eigenvalue weighted by atomic mass is 16.3. The molecule has 7 heterocycles. The number of allylic oxidation sites excluding steroid dienone is 4. The Morgan fingerprint density at radius 3 is 2.13 bits per heavy atom. The van der Waals surface area contributed by atoms with Crippen LogP contribution in [0, 0.1) is 20.8 Å². The molecule has 2 N–H and O–H groups in total. The normalized spacial score (nSPS) is 16.7. The number of fused-ring (bicyclic) bond motifs is 11. The van der Waals surface area contributed by atoms with E-state index in [4.69, 9.17) is 14.4 Å².